The molecule has 0 N–H and O–H groups in total. The summed E-state index contributed by atoms with van der Waals surface area (Å²) < 4.78 is 0.936. The molecule has 0 saturated heterocycles. The number of halogens is 1. The molecule has 3 rings (SSSR count). The van der Waals surface area contributed by atoms with Crippen LogP contribution in [0, 0.1) is 6.92 Å². The number of rotatable bonds is 1. The predicted octanol–water partition coefficient (Wildman–Crippen LogP) is 3.72. The van der Waals surface area contributed by atoms with Crippen LogP contribution in [0.4, 0.5) is 0 Å². The zero-order chi connectivity index (χ0) is 11.8. The molecule has 0 unspecified atom stereocenters. The Morgan fingerprint density at radius 3 is 2.94 bits per heavy atom. The standard InChI is InChI=1S/C12H8ClN3S/c1-7-9(8-3-2-4-14-5-8)10-11(17-7)12(13)16-6-15-10/h2-6H,1H3. The topological polar surface area (TPSA) is 38.7 Å². The van der Waals surface area contributed by atoms with Crippen LogP contribution < -0.4 is 0 Å². The van der Waals surface area contributed by atoms with Gasteiger partial charge in [0.2, 0.25) is 0 Å². The van der Waals surface area contributed by atoms with E-state index in [0.717, 1.165) is 21.3 Å². The first-order valence-corrected chi connectivity index (χ1v) is 6.27. The van der Waals surface area contributed by atoms with Gasteiger partial charge >= 0.3 is 0 Å². The van der Waals surface area contributed by atoms with Gasteiger partial charge in [0.25, 0.3) is 0 Å². The van der Waals surface area contributed by atoms with Gasteiger partial charge in [-0.1, -0.05) is 17.7 Å². The minimum absolute atomic E-state index is 0.512. The van der Waals surface area contributed by atoms with Gasteiger partial charge in [0.1, 0.15) is 11.5 Å². The fraction of sp³-hybridized carbons (Fsp3) is 0.0833. The molecule has 0 spiro atoms. The first kappa shape index (κ1) is 10.6. The first-order valence-electron chi connectivity index (χ1n) is 5.07. The number of pyridine rings is 1. The number of hydrogen-bond acceptors (Lipinski definition) is 4. The summed E-state index contributed by atoms with van der Waals surface area (Å²) in [5.41, 5.74) is 3.06. The zero-order valence-corrected chi connectivity index (χ0v) is 10.6. The lowest BCUT2D eigenvalue weighted by Gasteiger charge is -1.99. The molecular weight excluding hydrogens is 254 g/mol. The largest absolute Gasteiger partial charge is 0.264 e. The van der Waals surface area contributed by atoms with Crippen molar-refractivity contribution >= 4 is 33.2 Å². The summed E-state index contributed by atoms with van der Waals surface area (Å²) in [6.45, 7) is 2.06. The van der Waals surface area contributed by atoms with Crippen molar-refractivity contribution in [2.24, 2.45) is 0 Å². The van der Waals surface area contributed by atoms with E-state index < -0.39 is 0 Å². The van der Waals surface area contributed by atoms with Gasteiger partial charge in [-0.25, -0.2) is 9.97 Å². The van der Waals surface area contributed by atoms with Gasteiger partial charge in [-0.3, -0.25) is 4.98 Å². The predicted molar refractivity (Wildman–Crippen MR) is 70.4 cm³/mol. The molecule has 0 aliphatic rings. The van der Waals surface area contributed by atoms with Crippen molar-refractivity contribution in [2.45, 2.75) is 6.92 Å². The Morgan fingerprint density at radius 1 is 1.29 bits per heavy atom. The molecule has 0 atom stereocenters. The van der Waals surface area contributed by atoms with E-state index in [-0.39, 0.29) is 0 Å². The molecule has 0 saturated carbocycles. The van der Waals surface area contributed by atoms with Crippen LogP contribution in [-0.2, 0) is 0 Å². The first-order chi connectivity index (χ1) is 8.27. The van der Waals surface area contributed by atoms with Crippen molar-refractivity contribution in [2.75, 3.05) is 0 Å². The van der Waals surface area contributed by atoms with E-state index in [0.29, 0.717) is 5.15 Å². The van der Waals surface area contributed by atoms with Gasteiger partial charge in [-0.05, 0) is 13.0 Å². The summed E-state index contributed by atoms with van der Waals surface area (Å²) in [6.07, 6.45) is 5.09. The SMILES string of the molecule is Cc1sc2c(Cl)ncnc2c1-c1cccnc1. The lowest BCUT2D eigenvalue weighted by atomic mass is 10.1. The maximum absolute atomic E-state index is 6.07. The molecule has 3 heterocycles. The van der Waals surface area contributed by atoms with Crippen LogP contribution >= 0.6 is 22.9 Å². The van der Waals surface area contributed by atoms with Gasteiger partial charge < -0.3 is 0 Å². The molecule has 3 aromatic heterocycles. The van der Waals surface area contributed by atoms with E-state index in [1.807, 2.05) is 18.3 Å². The second-order valence-electron chi connectivity index (χ2n) is 3.62. The summed E-state index contributed by atoms with van der Waals surface area (Å²) in [6, 6.07) is 3.94. The van der Waals surface area contributed by atoms with Gasteiger partial charge in [0, 0.05) is 28.4 Å². The Balaban J connectivity index is 2.37. The molecule has 17 heavy (non-hydrogen) atoms. The van der Waals surface area contributed by atoms with Crippen LogP contribution in [0.25, 0.3) is 21.3 Å². The van der Waals surface area contributed by atoms with E-state index >= 15 is 0 Å². The van der Waals surface area contributed by atoms with E-state index in [2.05, 4.69) is 21.9 Å². The number of aromatic nitrogens is 3. The van der Waals surface area contributed by atoms with E-state index in [4.69, 9.17) is 11.6 Å². The Kier molecular flexibility index (Phi) is 2.53. The molecule has 0 bridgehead atoms. The number of nitrogens with zero attached hydrogens (tertiary/aromatic N) is 3. The van der Waals surface area contributed by atoms with Crippen molar-refractivity contribution in [3.8, 4) is 11.1 Å². The normalized spacial score (nSPS) is 10.9. The molecule has 0 aliphatic carbocycles. The van der Waals surface area contributed by atoms with Crippen molar-refractivity contribution in [3.05, 3.63) is 40.9 Å². The molecule has 3 aromatic rings. The van der Waals surface area contributed by atoms with Gasteiger partial charge in [0.15, 0.2) is 0 Å². The molecule has 0 aromatic carbocycles. The third-order valence-corrected chi connectivity index (χ3v) is 4.05. The number of aryl methyl sites for hydroxylation is 1. The van der Waals surface area contributed by atoms with E-state index in [9.17, 15) is 0 Å². The maximum atomic E-state index is 6.07. The Hall–Kier alpha value is -1.52. The maximum Gasteiger partial charge on any atom is 0.150 e. The summed E-state index contributed by atoms with van der Waals surface area (Å²) in [5, 5.41) is 0.512. The second-order valence-corrected chi connectivity index (χ2v) is 5.20. The fourth-order valence-electron chi connectivity index (χ4n) is 1.84. The smallest absolute Gasteiger partial charge is 0.150 e. The van der Waals surface area contributed by atoms with Crippen LogP contribution in [0.3, 0.4) is 0 Å². The Labute approximate surface area is 107 Å². The highest BCUT2D eigenvalue weighted by Gasteiger charge is 2.14. The average Bonchev–Trinajstić information content (AvgIpc) is 2.68. The third-order valence-electron chi connectivity index (χ3n) is 2.55. The van der Waals surface area contributed by atoms with Gasteiger partial charge in [-0.15, -0.1) is 11.3 Å². The number of hydrogen-bond donors (Lipinski definition) is 0. The lowest BCUT2D eigenvalue weighted by Crippen LogP contribution is -1.83. The molecule has 3 nitrogen and oxygen atoms in total. The summed E-state index contributed by atoms with van der Waals surface area (Å²) in [7, 11) is 0. The molecule has 0 radical (unpaired) electrons. The molecule has 0 fully saturated rings. The van der Waals surface area contributed by atoms with E-state index in [1.54, 1.807) is 17.5 Å². The van der Waals surface area contributed by atoms with Gasteiger partial charge in [0.05, 0.1) is 10.2 Å². The Morgan fingerprint density at radius 2 is 2.18 bits per heavy atom. The van der Waals surface area contributed by atoms with Crippen LogP contribution in [0.15, 0.2) is 30.9 Å². The Bertz CT molecular complexity index is 679. The average molecular weight is 262 g/mol. The van der Waals surface area contributed by atoms with E-state index in [1.165, 1.54) is 11.2 Å². The highest BCUT2D eigenvalue weighted by Crippen LogP contribution is 2.38. The number of fused-ring (bicyclic) bond motifs is 1. The molecule has 0 aliphatic heterocycles. The number of thiophene rings is 1. The van der Waals surface area contributed by atoms with Crippen molar-refractivity contribution in [3.63, 3.8) is 0 Å². The van der Waals surface area contributed by atoms with Crippen LogP contribution in [0.1, 0.15) is 4.88 Å². The minimum Gasteiger partial charge on any atom is -0.264 e. The van der Waals surface area contributed by atoms with Crippen molar-refractivity contribution in [1.29, 1.82) is 0 Å². The molecule has 0 amide bonds. The van der Waals surface area contributed by atoms with Crippen LogP contribution in [0.2, 0.25) is 5.15 Å². The van der Waals surface area contributed by atoms with Crippen LogP contribution in [0.5, 0.6) is 0 Å². The molecule has 84 valence electrons. The van der Waals surface area contributed by atoms with Gasteiger partial charge in [-0.2, -0.15) is 0 Å². The summed E-state index contributed by atoms with van der Waals surface area (Å²) >= 11 is 7.69. The second kappa shape index (κ2) is 4.05. The minimum atomic E-state index is 0.512. The van der Waals surface area contributed by atoms with Crippen molar-refractivity contribution in [1.82, 2.24) is 15.0 Å². The quantitative estimate of drug-likeness (QED) is 0.627. The third kappa shape index (κ3) is 1.69. The molecular formula is C12H8ClN3S. The lowest BCUT2D eigenvalue weighted by molar-refractivity contribution is 1.23. The summed E-state index contributed by atoms with van der Waals surface area (Å²) in [5.74, 6) is 0. The van der Waals surface area contributed by atoms with Crippen molar-refractivity contribution < 1.29 is 0 Å². The monoisotopic (exact) mass is 261 g/mol. The highest BCUT2D eigenvalue weighted by atomic mass is 35.5. The zero-order valence-electron chi connectivity index (χ0n) is 9.01. The van der Waals surface area contributed by atoms with Crippen LogP contribution in [-0.4, -0.2) is 15.0 Å². The molecule has 5 heteroatoms. The summed E-state index contributed by atoms with van der Waals surface area (Å²) in [4.78, 5) is 13.6. The fourth-order valence-corrected chi connectivity index (χ4v) is 3.10. The highest BCUT2D eigenvalue weighted by molar-refractivity contribution is 7.20.